The van der Waals surface area contributed by atoms with Crippen LogP contribution in [0, 0.1) is 0 Å². The lowest BCUT2D eigenvalue weighted by Gasteiger charge is -1.94. The average molecular weight is 202 g/mol. The number of carbonyl (C=O) groups excluding carboxylic acids is 1. The number of carbonyl (C=O) groups is 1. The van der Waals surface area contributed by atoms with E-state index in [2.05, 4.69) is 29.9 Å². The Morgan fingerprint density at radius 3 is 2.07 bits per heavy atom. The molecule has 0 unspecified atom stereocenters. The Morgan fingerprint density at radius 2 is 1.86 bits per heavy atom. The zero-order chi connectivity index (χ0) is 11.4. The van der Waals surface area contributed by atoms with Gasteiger partial charge in [-0.3, -0.25) is 0 Å². The van der Waals surface area contributed by atoms with E-state index in [-0.39, 0.29) is 0 Å². The lowest BCUT2D eigenvalue weighted by atomic mass is 10.2. The highest BCUT2D eigenvalue weighted by atomic mass is 16.7. The highest BCUT2D eigenvalue weighted by molar-refractivity contribution is 5.87. The van der Waals surface area contributed by atoms with E-state index in [1.807, 2.05) is 6.92 Å². The topological polar surface area (TPSA) is 64.3 Å². The van der Waals surface area contributed by atoms with Crippen LogP contribution in [0.3, 0.4) is 0 Å². The Kier molecular flexibility index (Phi) is 13.5. The molecule has 0 rings (SSSR count). The fourth-order valence-electron chi connectivity index (χ4n) is 0.732. The molecule has 0 aliphatic carbocycles. The van der Waals surface area contributed by atoms with Crippen LogP contribution in [0.15, 0.2) is 11.6 Å². The molecule has 0 saturated carbocycles. The Hall–Kier alpha value is -0.870. The monoisotopic (exact) mass is 202 g/mol. The van der Waals surface area contributed by atoms with Crippen LogP contribution in [0.4, 0.5) is 0 Å². The van der Waals surface area contributed by atoms with Crippen molar-refractivity contribution in [2.24, 2.45) is 5.90 Å². The third kappa shape index (κ3) is 11.1. The van der Waals surface area contributed by atoms with Crippen molar-refractivity contribution in [3.8, 4) is 0 Å². The standard InChI is InChI=1S/C6H11NO2.C4H11N/c1-3-4-5(2)6(8)9-7;1-3-5-4-2/h4H,3,7H2,1-2H3;5H,3-4H2,1-2H3. The van der Waals surface area contributed by atoms with Gasteiger partial charge in [-0.2, -0.15) is 5.90 Å². The average Bonchev–Trinajstić information content (AvgIpc) is 2.19. The minimum Gasteiger partial charge on any atom is -0.370 e. The van der Waals surface area contributed by atoms with Gasteiger partial charge in [-0.05, 0) is 26.4 Å². The summed E-state index contributed by atoms with van der Waals surface area (Å²) in [5, 5.41) is 3.11. The van der Waals surface area contributed by atoms with Gasteiger partial charge in [0.05, 0.1) is 0 Å². The molecular formula is C10H22N2O2. The molecular weight excluding hydrogens is 180 g/mol. The SMILES string of the molecule is CCC=C(C)C(=O)ON.CCNCC. The number of allylic oxidation sites excluding steroid dienone is 1. The molecule has 0 aromatic carbocycles. The van der Waals surface area contributed by atoms with Crippen LogP contribution in [0.25, 0.3) is 0 Å². The van der Waals surface area contributed by atoms with Gasteiger partial charge in [-0.1, -0.05) is 26.8 Å². The normalized spacial score (nSPS) is 10.2. The molecule has 0 aromatic heterocycles. The van der Waals surface area contributed by atoms with E-state index in [0.717, 1.165) is 19.5 Å². The molecule has 0 aromatic rings. The molecule has 0 spiro atoms. The summed E-state index contributed by atoms with van der Waals surface area (Å²) in [5.74, 6) is 4.15. The van der Waals surface area contributed by atoms with E-state index < -0.39 is 5.97 Å². The summed E-state index contributed by atoms with van der Waals surface area (Å²) in [5.41, 5.74) is 0.556. The Morgan fingerprint density at radius 1 is 1.36 bits per heavy atom. The molecule has 0 amide bonds. The molecule has 0 saturated heterocycles. The van der Waals surface area contributed by atoms with Gasteiger partial charge in [-0.15, -0.1) is 0 Å². The predicted molar refractivity (Wildman–Crippen MR) is 58.5 cm³/mol. The van der Waals surface area contributed by atoms with Gasteiger partial charge < -0.3 is 10.2 Å². The lowest BCUT2D eigenvalue weighted by Crippen LogP contribution is -2.10. The van der Waals surface area contributed by atoms with Crippen molar-refractivity contribution in [1.82, 2.24) is 5.32 Å². The van der Waals surface area contributed by atoms with Gasteiger partial charge in [0.15, 0.2) is 0 Å². The van der Waals surface area contributed by atoms with Crippen molar-refractivity contribution >= 4 is 5.97 Å². The molecule has 0 aliphatic rings. The molecule has 0 bridgehead atoms. The van der Waals surface area contributed by atoms with E-state index in [1.165, 1.54) is 0 Å². The van der Waals surface area contributed by atoms with Crippen molar-refractivity contribution in [1.29, 1.82) is 0 Å². The quantitative estimate of drug-likeness (QED) is 0.534. The van der Waals surface area contributed by atoms with Crippen LogP contribution >= 0.6 is 0 Å². The number of rotatable bonds is 4. The van der Waals surface area contributed by atoms with Gasteiger partial charge in [0.2, 0.25) is 0 Å². The van der Waals surface area contributed by atoms with Crippen molar-refractivity contribution in [3.05, 3.63) is 11.6 Å². The predicted octanol–water partition coefficient (Wildman–Crippen LogP) is 1.38. The molecule has 84 valence electrons. The lowest BCUT2D eigenvalue weighted by molar-refractivity contribution is -0.139. The van der Waals surface area contributed by atoms with Crippen LogP contribution in [-0.2, 0) is 9.63 Å². The summed E-state index contributed by atoms with van der Waals surface area (Å²) in [7, 11) is 0. The molecule has 0 heterocycles. The van der Waals surface area contributed by atoms with Crippen LogP contribution < -0.4 is 11.2 Å². The molecule has 0 aliphatic heterocycles. The van der Waals surface area contributed by atoms with Gasteiger partial charge in [0.25, 0.3) is 0 Å². The highest BCUT2D eigenvalue weighted by Gasteiger charge is 2.00. The van der Waals surface area contributed by atoms with Crippen LogP contribution in [0.1, 0.15) is 34.1 Å². The Labute approximate surface area is 86.5 Å². The smallest absolute Gasteiger partial charge is 0.351 e. The summed E-state index contributed by atoms with van der Waals surface area (Å²) in [6.07, 6.45) is 2.58. The number of hydrogen-bond acceptors (Lipinski definition) is 4. The molecule has 0 radical (unpaired) electrons. The third-order valence-electron chi connectivity index (χ3n) is 1.44. The van der Waals surface area contributed by atoms with E-state index in [1.54, 1.807) is 13.0 Å². The van der Waals surface area contributed by atoms with Crippen molar-refractivity contribution in [2.75, 3.05) is 13.1 Å². The van der Waals surface area contributed by atoms with Crippen LogP contribution in [-0.4, -0.2) is 19.1 Å². The molecule has 4 heteroatoms. The maximum Gasteiger partial charge on any atom is 0.351 e. The first-order valence-electron chi connectivity index (χ1n) is 4.92. The number of hydrogen-bond donors (Lipinski definition) is 2. The van der Waals surface area contributed by atoms with Gasteiger partial charge in [0.1, 0.15) is 0 Å². The first-order valence-corrected chi connectivity index (χ1v) is 4.92. The van der Waals surface area contributed by atoms with Crippen molar-refractivity contribution in [2.45, 2.75) is 34.1 Å². The second-order valence-corrected chi connectivity index (χ2v) is 2.66. The largest absolute Gasteiger partial charge is 0.370 e. The van der Waals surface area contributed by atoms with E-state index in [9.17, 15) is 4.79 Å². The number of nitrogens with two attached hydrogens (primary N) is 1. The van der Waals surface area contributed by atoms with E-state index in [0.29, 0.717) is 5.57 Å². The molecule has 14 heavy (non-hydrogen) atoms. The number of nitrogens with one attached hydrogen (secondary N) is 1. The zero-order valence-electron chi connectivity index (χ0n) is 9.59. The third-order valence-corrected chi connectivity index (χ3v) is 1.44. The van der Waals surface area contributed by atoms with Gasteiger partial charge >= 0.3 is 5.97 Å². The summed E-state index contributed by atoms with van der Waals surface area (Å²) < 4.78 is 0. The highest BCUT2D eigenvalue weighted by Crippen LogP contribution is 1.95. The van der Waals surface area contributed by atoms with Gasteiger partial charge in [-0.25, -0.2) is 4.79 Å². The van der Waals surface area contributed by atoms with Gasteiger partial charge in [0, 0.05) is 5.57 Å². The summed E-state index contributed by atoms with van der Waals surface area (Å²) in [4.78, 5) is 14.4. The fraction of sp³-hybridized carbons (Fsp3) is 0.700. The first kappa shape index (κ1) is 15.6. The van der Waals surface area contributed by atoms with Crippen molar-refractivity contribution in [3.63, 3.8) is 0 Å². The minimum absolute atomic E-state index is 0.461. The fourth-order valence-corrected chi connectivity index (χ4v) is 0.732. The molecule has 3 N–H and O–H groups in total. The van der Waals surface area contributed by atoms with Crippen LogP contribution in [0.5, 0.6) is 0 Å². The van der Waals surface area contributed by atoms with Crippen molar-refractivity contribution < 1.29 is 9.63 Å². The molecule has 4 nitrogen and oxygen atoms in total. The maximum atomic E-state index is 10.5. The molecule has 0 fully saturated rings. The summed E-state index contributed by atoms with van der Waals surface area (Å²) >= 11 is 0. The van der Waals surface area contributed by atoms with Crippen LogP contribution in [0.2, 0.25) is 0 Å². The zero-order valence-corrected chi connectivity index (χ0v) is 9.59. The second-order valence-electron chi connectivity index (χ2n) is 2.66. The Balaban J connectivity index is 0. The first-order chi connectivity index (χ1) is 6.63. The minimum atomic E-state index is -0.461. The second kappa shape index (κ2) is 12.1. The van der Waals surface area contributed by atoms with E-state index >= 15 is 0 Å². The molecule has 0 atom stereocenters. The Bertz CT molecular complexity index is 166. The summed E-state index contributed by atoms with van der Waals surface area (Å²) in [6.45, 7) is 9.99. The summed E-state index contributed by atoms with van der Waals surface area (Å²) in [6, 6.07) is 0. The van der Waals surface area contributed by atoms with E-state index in [4.69, 9.17) is 0 Å². The maximum absolute atomic E-state index is 10.5.